The number of nitrogens with two attached hydrogens (primary N) is 1. The highest BCUT2D eigenvalue weighted by Gasteiger charge is 2.44. The predicted octanol–water partition coefficient (Wildman–Crippen LogP) is -0.676. The normalized spacial score (nSPS) is 24.3. The first kappa shape index (κ1) is 21.1. The molecule has 6 N–H and O–H groups in total. The fourth-order valence-corrected chi connectivity index (χ4v) is 4.04. The monoisotopic (exact) mass is 448 g/mol. The maximum Gasteiger partial charge on any atom is 0.233 e. The first-order valence-corrected chi connectivity index (χ1v) is 10.7. The largest absolute Gasteiger partial charge is 0.507 e. The molecule has 4 atom stereocenters. The molecule has 0 amide bonds. The molecule has 1 aromatic carbocycles. The summed E-state index contributed by atoms with van der Waals surface area (Å²) >= 11 is 0. The molecule has 31 heavy (non-hydrogen) atoms. The van der Waals surface area contributed by atoms with Gasteiger partial charge in [-0.1, -0.05) is 18.2 Å². The molecule has 4 unspecified atom stereocenters. The highest BCUT2D eigenvalue weighted by atomic mass is 32.2. The van der Waals surface area contributed by atoms with E-state index in [4.69, 9.17) is 10.5 Å². The molecular formula is C18H20N6O6S. The van der Waals surface area contributed by atoms with E-state index >= 15 is 0 Å². The summed E-state index contributed by atoms with van der Waals surface area (Å²) in [5.41, 5.74) is 6.69. The fourth-order valence-electron chi connectivity index (χ4n) is 3.22. The number of hydrogen-bond acceptors (Lipinski definition) is 10. The summed E-state index contributed by atoms with van der Waals surface area (Å²) in [5, 5.41) is 31.4. The molecule has 1 fully saturated rings. The van der Waals surface area contributed by atoms with E-state index in [1.54, 1.807) is 18.2 Å². The molecule has 3 heterocycles. The van der Waals surface area contributed by atoms with E-state index in [-0.39, 0.29) is 18.1 Å². The number of anilines is 1. The van der Waals surface area contributed by atoms with Gasteiger partial charge in [0, 0.05) is 17.5 Å². The van der Waals surface area contributed by atoms with Crippen LogP contribution in [0.3, 0.4) is 0 Å². The summed E-state index contributed by atoms with van der Waals surface area (Å²) in [7, 11) is -3.91. The molecule has 1 aliphatic heterocycles. The lowest BCUT2D eigenvalue weighted by molar-refractivity contribution is -0.0329. The van der Waals surface area contributed by atoms with E-state index in [9.17, 15) is 23.7 Å². The standard InChI is InChI=1S/C18H20N6O6S/c19-16-13-17(21-8-20-16)24(9-22-13)18-15(27)14(26)12(30-18)7-23-31(28,29)6-5-10-3-1-2-4-11(10)25/h1-6,8-9,12,14-15,18,23,25-27H,7H2,(H2,19,20,21)/b6-5+. The van der Waals surface area contributed by atoms with Crippen molar-refractivity contribution in [3.63, 3.8) is 0 Å². The van der Waals surface area contributed by atoms with Crippen LogP contribution in [-0.2, 0) is 14.8 Å². The molecule has 0 aliphatic carbocycles. The van der Waals surface area contributed by atoms with Gasteiger partial charge < -0.3 is 25.8 Å². The van der Waals surface area contributed by atoms with E-state index < -0.39 is 34.6 Å². The minimum absolute atomic E-state index is 0.0635. The van der Waals surface area contributed by atoms with E-state index in [1.165, 1.54) is 29.4 Å². The molecule has 0 bridgehead atoms. The summed E-state index contributed by atoms with van der Waals surface area (Å²) in [6, 6.07) is 6.26. The van der Waals surface area contributed by atoms with Crippen LogP contribution in [0.2, 0.25) is 0 Å². The zero-order valence-electron chi connectivity index (χ0n) is 16.0. The second kappa shape index (κ2) is 8.20. The minimum atomic E-state index is -3.91. The number of fused-ring (bicyclic) bond motifs is 1. The number of nitrogens with one attached hydrogen (secondary N) is 1. The number of sulfonamides is 1. The number of phenols is 1. The molecule has 0 radical (unpaired) electrons. The van der Waals surface area contributed by atoms with Crippen molar-refractivity contribution in [3.8, 4) is 5.75 Å². The highest BCUT2D eigenvalue weighted by molar-refractivity contribution is 7.92. The SMILES string of the molecule is Nc1ncnc2c1ncn2C1OC(CNS(=O)(=O)/C=C/c2ccccc2O)C(O)C1O. The number of benzene rings is 1. The Morgan fingerprint density at radius 2 is 1.97 bits per heavy atom. The molecule has 2 aromatic heterocycles. The number of nitrogens with zero attached hydrogens (tertiary/aromatic N) is 4. The van der Waals surface area contributed by atoms with Crippen LogP contribution in [0, 0.1) is 0 Å². The van der Waals surface area contributed by atoms with Crippen molar-refractivity contribution in [2.24, 2.45) is 0 Å². The van der Waals surface area contributed by atoms with Gasteiger partial charge in [-0.3, -0.25) is 4.57 Å². The number of aromatic nitrogens is 4. The number of aromatic hydroxyl groups is 1. The Bertz CT molecular complexity index is 1230. The third kappa shape index (κ3) is 4.22. The predicted molar refractivity (Wildman–Crippen MR) is 110 cm³/mol. The number of phenolic OH excluding ortho intramolecular Hbond substituents is 1. The minimum Gasteiger partial charge on any atom is -0.507 e. The first-order valence-electron chi connectivity index (χ1n) is 9.17. The topological polar surface area (TPSA) is 186 Å². The summed E-state index contributed by atoms with van der Waals surface area (Å²) in [6.45, 7) is -0.300. The van der Waals surface area contributed by atoms with E-state index in [0.717, 1.165) is 5.41 Å². The maximum absolute atomic E-state index is 12.3. The Balaban J connectivity index is 1.46. The van der Waals surface area contributed by atoms with Gasteiger partial charge in [0.25, 0.3) is 0 Å². The molecule has 1 aliphatic rings. The number of nitrogen functional groups attached to an aromatic ring is 1. The summed E-state index contributed by atoms with van der Waals surface area (Å²) in [6.07, 6.45) is -1.01. The van der Waals surface area contributed by atoms with Crippen LogP contribution in [0.15, 0.2) is 42.3 Å². The van der Waals surface area contributed by atoms with Crippen LogP contribution in [-0.4, -0.2) is 68.1 Å². The highest BCUT2D eigenvalue weighted by Crippen LogP contribution is 2.31. The molecule has 13 heteroatoms. The van der Waals surface area contributed by atoms with E-state index in [1.807, 2.05) is 0 Å². The Morgan fingerprint density at radius 3 is 2.74 bits per heavy atom. The summed E-state index contributed by atoms with van der Waals surface area (Å²) in [5.74, 6) is 0.0869. The molecule has 164 valence electrons. The smallest absolute Gasteiger partial charge is 0.233 e. The quantitative estimate of drug-likeness (QED) is 0.323. The second-order valence-corrected chi connectivity index (χ2v) is 8.54. The van der Waals surface area contributed by atoms with Crippen LogP contribution < -0.4 is 10.5 Å². The fraction of sp³-hybridized carbons (Fsp3) is 0.278. The second-order valence-electron chi connectivity index (χ2n) is 6.88. The van der Waals surface area contributed by atoms with Gasteiger partial charge >= 0.3 is 0 Å². The average Bonchev–Trinajstić information content (AvgIpc) is 3.29. The number of para-hydroxylation sites is 1. The molecule has 4 rings (SSSR count). The van der Waals surface area contributed by atoms with Gasteiger partial charge in [-0.15, -0.1) is 0 Å². The van der Waals surface area contributed by atoms with Gasteiger partial charge in [-0.05, 0) is 12.1 Å². The Hall–Kier alpha value is -3.10. The number of hydrogen-bond donors (Lipinski definition) is 5. The van der Waals surface area contributed by atoms with Crippen molar-refractivity contribution in [1.82, 2.24) is 24.2 Å². The van der Waals surface area contributed by atoms with Gasteiger partial charge in [-0.25, -0.2) is 28.1 Å². The van der Waals surface area contributed by atoms with Crippen LogP contribution >= 0.6 is 0 Å². The van der Waals surface area contributed by atoms with Gasteiger partial charge in [0.05, 0.1) is 6.33 Å². The number of aliphatic hydroxyl groups excluding tert-OH is 2. The Labute approximate surface area is 176 Å². The van der Waals surface area contributed by atoms with Crippen LogP contribution in [0.1, 0.15) is 11.8 Å². The van der Waals surface area contributed by atoms with Crippen molar-refractivity contribution in [2.75, 3.05) is 12.3 Å². The zero-order chi connectivity index (χ0) is 22.2. The third-order valence-electron chi connectivity index (χ3n) is 4.85. The number of imidazole rings is 1. The lowest BCUT2D eigenvalue weighted by atomic mass is 10.1. The lowest BCUT2D eigenvalue weighted by Crippen LogP contribution is -2.39. The third-order valence-corrected chi connectivity index (χ3v) is 5.91. The molecule has 12 nitrogen and oxygen atoms in total. The van der Waals surface area contributed by atoms with Gasteiger partial charge in [0.15, 0.2) is 17.7 Å². The van der Waals surface area contributed by atoms with Crippen molar-refractivity contribution in [1.29, 1.82) is 0 Å². The Morgan fingerprint density at radius 1 is 1.19 bits per heavy atom. The molecule has 1 saturated heterocycles. The summed E-state index contributed by atoms with van der Waals surface area (Å²) < 4.78 is 33.9. The Kier molecular flexibility index (Phi) is 5.60. The van der Waals surface area contributed by atoms with Crippen molar-refractivity contribution < 1.29 is 28.5 Å². The zero-order valence-corrected chi connectivity index (χ0v) is 16.8. The molecule has 0 saturated carbocycles. The molecule has 3 aromatic rings. The van der Waals surface area contributed by atoms with Gasteiger partial charge in [0.1, 0.15) is 35.9 Å². The average molecular weight is 448 g/mol. The van der Waals surface area contributed by atoms with Crippen molar-refractivity contribution in [2.45, 2.75) is 24.5 Å². The van der Waals surface area contributed by atoms with Gasteiger partial charge in [-0.2, -0.15) is 0 Å². The number of rotatable bonds is 6. The summed E-state index contributed by atoms with van der Waals surface area (Å²) in [4.78, 5) is 12.0. The van der Waals surface area contributed by atoms with Crippen LogP contribution in [0.5, 0.6) is 5.75 Å². The van der Waals surface area contributed by atoms with Gasteiger partial charge in [0.2, 0.25) is 10.0 Å². The molecule has 0 spiro atoms. The van der Waals surface area contributed by atoms with Crippen molar-refractivity contribution >= 4 is 33.1 Å². The van der Waals surface area contributed by atoms with Crippen molar-refractivity contribution in [3.05, 3.63) is 47.9 Å². The maximum atomic E-state index is 12.3. The number of aliphatic hydroxyl groups is 2. The number of ether oxygens (including phenoxy) is 1. The first-order chi connectivity index (χ1) is 14.8. The van der Waals surface area contributed by atoms with Crippen LogP contribution in [0.4, 0.5) is 5.82 Å². The van der Waals surface area contributed by atoms with Crippen LogP contribution in [0.25, 0.3) is 17.2 Å². The lowest BCUT2D eigenvalue weighted by Gasteiger charge is -2.16. The van der Waals surface area contributed by atoms with E-state index in [2.05, 4.69) is 19.7 Å². The molecular weight excluding hydrogens is 428 g/mol. The van der Waals surface area contributed by atoms with E-state index in [0.29, 0.717) is 16.7 Å².